The Labute approximate surface area is 158 Å². The van der Waals surface area contributed by atoms with Crippen LogP contribution < -0.4 is 10.1 Å². The molecule has 3 aliphatic rings. The number of fused-ring (bicyclic) bond motifs is 2. The molecule has 8 heteroatoms. The Morgan fingerprint density at radius 1 is 1.37 bits per heavy atom. The lowest BCUT2D eigenvalue weighted by atomic mass is 9.99. The van der Waals surface area contributed by atoms with Gasteiger partial charge in [0.1, 0.15) is 11.6 Å². The molecule has 2 amide bonds. The molecule has 3 aliphatic heterocycles. The highest BCUT2D eigenvalue weighted by Crippen LogP contribution is 2.29. The van der Waals surface area contributed by atoms with E-state index in [9.17, 15) is 9.18 Å². The molecule has 0 bridgehead atoms. The maximum absolute atomic E-state index is 13.8. The SMILES string of the molecule is CN1CCOC2CCN(C(=O)NCCc3cc(F)cc4c3OCOC4)CC21. The summed E-state index contributed by atoms with van der Waals surface area (Å²) in [6.45, 7) is 3.96. The second kappa shape index (κ2) is 8.00. The van der Waals surface area contributed by atoms with Crippen molar-refractivity contribution in [1.82, 2.24) is 15.1 Å². The average Bonchev–Trinajstić information content (AvgIpc) is 2.68. The summed E-state index contributed by atoms with van der Waals surface area (Å²) < 4.78 is 30.4. The summed E-state index contributed by atoms with van der Waals surface area (Å²) >= 11 is 0. The van der Waals surface area contributed by atoms with Crippen molar-refractivity contribution >= 4 is 6.03 Å². The minimum absolute atomic E-state index is 0.0815. The van der Waals surface area contributed by atoms with Crippen LogP contribution in [0.1, 0.15) is 17.5 Å². The molecule has 3 heterocycles. The molecule has 2 fully saturated rings. The Hall–Kier alpha value is -1.90. The van der Waals surface area contributed by atoms with Crippen LogP contribution in [0.15, 0.2) is 12.1 Å². The summed E-state index contributed by atoms with van der Waals surface area (Å²) in [5, 5.41) is 2.96. The molecule has 1 aromatic carbocycles. The Balaban J connectivity index is 1.32. The van der Waals surface area contributed by atoms with Gasteiger partial charge >= 0.3 is 6.03 Å². The van der Waals surface area contributed by atoms with E-state index < -0.39 is 0 Å². The average molecular weight is 379 g/mol. The molecular weight excluding hydrogens is 353 g/mol. The number of ether oxygens (including phenoxy) is 3. The minimum Gasteiger partial charge on any atom is -0.467 e. The number of carbonyl (C=O) groups excluding carboxylic acids is 1. The van der Waals surface area contributed by atoms with Gasteiger partial charge in [-0.15, -0.1) is 0 Å². The van der Waals surface area contributed by atoms with Crippen LogP contribution >= 0.6 is 0 Å². The molecule has 27 heavy (non-hydrogen) atoms. The number of amides is 2. The van der Waals surface area contributed by atoms with Gasteiger partial charge in [0, 0.05) is 31.7 Å². The minimum atomic E-state index is -0.313. The van der Waals surface area contributed by atoms with Crippen LogP contribution in [0.2, 0.25) is 0 Å². The van der Waals surface area contributed by atoms with Crippen LogP contribution in [0.3, 0.4) is 0 Å². The summed E-state index contributed by atoms with van der Waals surface area (Å²) in [6.07, 6.45) is 1.58. The predicted octanol–water partition coefficient (Wildman–Crippen LogP) is 1.35. The number of morpholine rings is 1. The fourth-order valence-corrected chi connectivity index (χ4v) is 4.08. The summed E-state index contributed by atoms with van der Waals surface area (Å²) in [5.74, 6) is 0.366. The molecule has 1 aromatic rings. The zero-order valence-electron chi connectivity index (χ0n) is 15.6. The van der Waals surface area contributed by atoms with Crippen molar-refractivity contribution in [2.24, 2.45) is 0 Å². The highest BCUT2D eigenvalue weighted by atomic mass is 19.1. The van der Waals surface area contributed by atoms with Crippen molar-refractivity contribution < 1.29 is 23.4 Å². The highest BCUT2D eigenvalue weighted by Gasteiger charge is 2.36. The standard InChI is InChI=1S/C19H26FN3O4/c1-22-6-7-26-17-3-5-23(10-16(17)22)19(24)21-4-2-13-8-15(20)9-14-11-25-12-27-18(13)14/h8-9,16-17H,2-7,10-12H2,1H3,(H,21,24). The van der Waals surface area contributed by atoms with Gasteiger partial charge in [-0.3, -0.25) is 4.90 Å². The van der Waals surface area contributed by atoms with E-state index in [1.165, 1.54) is 12.1 Å². The number of hydrogen-bond donors (Lipinski definition) is 1. The van der Waals surface area contributed by atoms with Gasteiger partial charge in [0.2, 0.25) is 0 Å². The highest BCUT2D eigenvalue weighted by molar-refractivity contribution is 5.74. The molecule has 0 saturated carbocycles. The van der Waals surface area contributed by atoms with Crippen LogP contribution in [0.25, 0.3) is 0 Å². The number of piperidine rings is 1. The smallest absolute Gasteiger partial charge is 0.317 e. The molecule has 0 spiro atoms. The predicted molar refractivity (Wildman–Crippen MR) is 96.1 cm³/mol. The van der Waals surface area contributed by atoms with Crippen LogP contribution in [-0.4, -0.2) is 74.6 Å². The number of benzene rings is 1. The summed E-state index contributed by atoms with van der Waals surface area (Å²) in [7, 11) is 2.08. The number of likely N-dealkylation sites (N-methyl/N-ethyl adjacent to an activating group) is 1. The van der Waals surface area contributed by atoms with E-state index in [0.29, 0.717) is 44.0 Å². The van der Waals surface area contributed by atoms with Gasteiger partial charge in [-0.1, -0.05) is 0 Å². The molecule has 1 N–H and O–H groups in total. The van der Waals surface area contributed by atoms with E-state index in [1.54, 1.807) is 0 Å². The lowest BCUT2D eigenvalue weighted by molar-refractivity contribution is -0.0881. The van der Waals surface area contributed by atoms with Gasteiger partial charge < -0.3 is 24.4 Å². The van der Waals surface area contributed by atoms with Gasteiger partial charge in [-0.05, 0) is 37.6 Å². The number of nitrogens with one attached hydrogen (secondary N) is 1. The molecule has 148 valence electrons. The van der Waals surface area contributed by atoms with Crippen LogP contribution in [0.5, 0.6) is 5.75 Å². The van der Waals surface area contributed by atoms with Crippen molar-refractivity contribution in [2.45, 2.75) is 31.6 Å². The van der Waals surface area contributed by atoms with Crippen molar-refractivity contribution in [3.05, 3.63) is 29.1 Å². The van der Waals surface area contributed by atoms with E-state index in [0.717, 1.165) is 25.1 Å². The van der Waals surface area contributed by atoms with Crippen LogP contribution in [-0.2, 0) is 22.5 Å². The Kier molecular flexibility index (Phi) is 5.47. The monoisotopic (exact) mass is 379 g/mol. The Bertz CT molecular complexity index is 702. The van der Waals surface area contributed by atoms with Crippen molar-refractivity contribution in [2.75, 3.05) is 46.6 Å². The molecule has 0 aliphatic carbocycles. The first-order chi connectivity index (χ1) is 13.1. The van der Waals surface area contributed by atoms with Gasteiger partial charge in [-0.25, -0.2) is 9.18 Å². The van der Waals surface area contributed by atoms with Crippen molar-refractivity contribution in [3.8, 4) is 5.75 Å². The summed E-state index contributed by atoms with van der Waals surface area (Å²) in [5.41, 5.74) is 1.47. The number of likely N-dealkylation sites (tertiary alicyclic amines) is 1. The summed E-state index contributed by atoms with van der Waals surface area (Å²) in [4.78, 5) is 16.7. The Morgan fingerprint density at radius 2 is 2.26 bits per heavy atom. The molecule has 2 unspecified atom stereocenters. The summed E-state index contributed by atoms with van der Waals surface area (Å²) in [6, 6.07) is 3.07. The number of carbonyl (C=O) groups is 1. The maximum Gasteiger partial charge on any atom is 0.317 e. The zero-order chi connectivity index (χ0) is 18.8. The number of urea groups is 1. The van der Waals surface area contributed by atoms with Crippen LogP contribution in [0, 0.1) is 5.82 Å². The Morgan fingerprint density at radius 3 is 3.15 bits per heavy atom. The molecule has 2 saturated heterocycles. The fraction of sp³-hybridized carbons (Fsp3) is 0.632. The first-order valence-corrected chi connectivity index (χ1v) is 9.48. The first kappa shape index (κ1) is 18.5. The van der Waals surface area contributed by atoms with Crippen molar-refractivity contribution in [3.63, 3.8) is 0 Å². The van der Waals surface area contributed by atoms with E-state index in [-0.39, 0.29) is 30.8 Å². The molecule has 4 rings (SSSR count). The third-order valence-electron chi connectivity index (χ3n) is 5.57. The van der Waals surface area contributed by atoms with E-state index in [1.807, 2.05) is 4.90 Å². The molecule has 0 radical (unpaired) electrons. The second-order valence-electron chi connectivity index (χ2n) is 7.34. The normalized spacial score (nSPS) is 25.3. The van der Waals surface area contributed by atoms with Gasteiger partial charge in [0.25, 0.3) is 0 Å². The molecule has 7 nitrogen and oxygen atoms in total. The van der Waals surface area contributed by atoms with Gasteiger partial charge in [0.05, 0.1) is 25.4 Å². The van der Waals surface area contributed by atoms with E-state index in [4.69, 9.17) is 14.2 Å². The van der Waals surface area contributed by atoms with Crippen molar-refractivity contribution in [1.29, 1.82) is 0 Å². The number of nitrogens with zero attached hydrogens (tertiary/aromatic N) is 2. The van der Waals surface area contributed by atoms with E-state index in [2.05, 4.69) is 17.3 Å². The molecule has 2 atom stereocenters. The number of hydrogen-bond acceptors (Lipinski definition) is 5. The quantitative estimate of drug-likeness (QED) is 0.859. The van der Waals surface area contributed by atoms with Gasteiger partial charge in [0.15, 0.2) is 6.79 Å². The molecular formula is C19H26FN3O4. The fourth-order valence-electron chi connectivity index (χ4n) is 4.08. The van der Waals surface area contributed by atoms with E-state index >= 15 is 0 Å². The third kappa shape index (κ3) is 4.02. The maximum atomic E-state index is 13.8. The van der Waals surface area contributed by atoms with Gasteiger partial charge in [-0.2, -0.15) is 0 Å². The second-order valence-corrected chi connectivity index (χ2v) is 7.34. The lowest BCUT2D eigenvalue weighted by Gasteiger charge is -2.45. The lowest BCUT2D eigenvalue weighted by Crippen LogP contribution is -2.60. The third-order valence-corrected chi connectivity index (χ3v) is 5.57. The van der Waals surface area contributed by atoms with Crippen LogP contribution in [0.4, 0.5) is 9.18 Å². The largest absolute Gasteiger partial charge is 0.467 e. The topological polar surface area (TPSA) is 63.3 Å². The zero-order valence-corrected chi connectivity index (χ0v) is 15.6. The molecule has 0 aromatic heterocycles. The first-order valence-electron chi connectivity index (χ1n) is 9.48. The number of halogens is 1. The number of rotatable bonds is 3.